The molecule has 206 valence electrons. The summed E-state index contributed by atoms with van der Waals surface area (Å²) in [5, 5.41) is 0. The van der Waals surface area contributed by atoms with Gasteiger partial charge in [0.25, 0.3) is 0 Å². The fraction of sp³-hybridized carbons (Fsp3) is 0.382. The molecule has 0 aliphatic heterocycles. The largest absolute Gasteiger partial charge is 2.00 e. The number of aromatic nitrogens is 1. The first-order chi connectivity index (χ1) is 16.4. The fourth-order valence-corrected chi connectivity index (χ4v) is 4.43. The summed E-state index contributed by atoms with van der Waals surface area (Å²) in [7, 11) is 2.16. The van der Waals surface area contributed by atoms with Gasteiger partial charge < -0.3 is 14.9 Å². The van der Waals surface area contributed by atoms with Crippen molar-refractivity contribution in [1.29, 1.82) is 0 Å². The van der Waals surface area contributed by atoms with Crippen LogP contribution in [0.4, 0.5) is 11.4 Å². The van der Waals surface area contributed by atoms with E-state index in [-0.39, 0.29) is 42.8 Å². The van der Waals surface area contributed by atoms with E-state index in [4.69, 9.17) is 9.98 Å². The molecule has 0 spiro atoms. The molecule has 1 heterocycles. The van der Waals surface area contributed by atoms with E-state index in [9.17, 15) is 0 Å². The van der Waals surface area contributed by atoms with Gasteiger partial charge in [0, 0.05) is 36.4 Å². The van der Waals surface area contributed by atoms with Crippen molar-refractivity contribution in [2.45, 2.75) is 79.1 Å². The standard InChI is InChI=1S/C32H42N3.2CH3.Fe/c1-23(33-29-19-12-10-17-27(29)31(3,4)5)21-25-15-14-16-26(34-25)22-24(2)35(9)30-20-13-11-18-28(30)32(6,7)8;;;/h10-20H,21-22H2,1-9H3;2*1H3;/q+1;2*-1;+2. The number of pyridine rings is 1. The molecular formula is C34H48FeN3+. The van der Waals surface area contributed by atoms with E-state index in [1.807, 2.05) is 0 Å². The van der Waals surface area contributed by atoms with Gasteiger partial charge in [-0.1, -0.05) is 84.0 Å². The Labute approximate surface area is 244 Å². The van der Waals surface area contributed by atoms with Gasteiger partial charge in [-0.3, -0.25) is 9.98 Å². The normalized spacial score (nSPS) is 12.5. The van der Waals surface area contributed by atoms with Gasteiger partial charge in [0.1, 0.15) is 7.05 Å². The van der Waals surface area contributed by atoms with Crippen LogP contribution in [0.5, 0.6) is 0 Å². The number of hydrogen-bond donors (Lipinski definition) is 0. The zero-order chi connectivity index (χ0) is 25.8. The Bertz CT molecular complexity index is 1240. The molecular weight excluding hydrogens is 506 g/mol. The summed E-state index contributed by atoms with van der Waals surface area (Å²) in [6.45, 7) is 17.8. The monoisotopic (exact) mass is 554 g/mol. The number of rotatable bonds is 6. The van der Waals surface area contributed by atoms with Gasteiger partial charge in [0.15, 0.2) is 5.71 Å². The van der Waals surface area contributed by atoms with Crippen LogP contribution in [0.15, 0.2) is 71.7 Å². The summed E-state index contributed by atoms with van der Waals surface area (Å²) in [4.78, 5) is 9.96. The third kappa shape index (κ3) is 9.33. The van der Waals surface area contributed by atoms with Crippen molar-refractivity contribution >= 4 is 22.8 Å². The number of para-hydroxylation sites is 2. The summed E-state index contributed by atoms with van der Waals surface area (Å²) in [6.07, 6.45) is 1.56. The van der Waals surface area contributed by atoms with Crippen LogP contribution in [-0.2, 0) is 40.7 Å². The topological polar surface area (TPSA) is 28.3 Å². The van der Waals surface area contributed by atoms with Gasteiger partial charge in [-0.15, -0.1) is 0 Å². The second-order valence-corrected chi connectivity index (χ2v) is 11.6. The predicted molar refractivity (Wildman–Crippen MR) is 164 cm³/mol. The summed E-state index contributed by atoms with van der Waals surface area (Å²) in [6, 6.07) is 23.5. The van der Waals surface area contributed by atoms with Crippen LogP contribution in [-0.4, -0.2) is 28.0 Å². The average molecular weight is 555 g/mol. The molecule has 0 N–H and O–H groups in total. The first-order valence-corrected chi connectivity index (χ1v) is 12.6. The van der Waals surface area contributed by atoms with Crippen molar-refractivity contribution < 1.29 is 21.6 Å². The second-order valence-electron chi connectivity index (χ2n) is 11.6. The Morgan fingerprint density at radius 1 is 0.711 bits per heavy atom. The molecule has 0 aliphatic carbocycles. The van der Waals surface area contributed by atoms with Crippen molar-refractivity contribution in [3.05, 3.63) is 104 Å². The summed E-state index contributed by atoms with van der Waals surface area (Å²) in [5.41, 5.74) is 9.57. The van der Waals surface area contributed by atoms with Gasteiger partial charge >= 0.3 is 17.1 Å². The molecule has 38 heavy (non-hydrogen) atoms. The van der Waals surface area contributed by atoms with Crippen molar-refractivity contribution in [1.82, 2.24) is 4.98 Å². The van der Waals surface area contributed by atoms with E-state index < -0.39 is 0 Å². The molecule has 0 fully saturated rings. The fourth-order valence-electron chi connectivity index (χ4n) is 4.43. The molecule has 2 aromatic carbocycles. The number of hydrogen-bond acceptors (Lipinski definition) is 2. The Kier molecular flexibility index (Phi) is 13.6. The van der Waals surface area contributed by atoms with Crippen LogP contribution in [0.3, 0.4) is 0 Å². The third-order valence-corrected chi connectivity index (χ3v) is 6.41. The number of benzene rings is 2. The van der Waals surface area contributed by atoms with E-state index in [1.165, 1.54) is 22.5 Å². The molecule has 4 heteroatoms. The summed E-state index contributed by atoms with van der Waals surface area (Å²) < 4.78 is 2.31. The maximum absolute atomic E-state index is 4.98. The van der Waals surface area contributed by atoms with Crippen molar-refractivity contribution in [3.63, 3.8) is 0 Å². The molecule has 3 aromatic rings. The maximum atomic E-state index is 4.98. The maximum Gasteiger partial charge on any atom is 2.00 e. The van der Waals surface area contributed by atoms with Gasteiger partial charge in [-0.25, -0.2) is 4.58 Å². The van der Waals surface area contributed by atoms with E-state index in [0.29, 0.717) is 0 Å². The first-order valence-electron chi connectivity index (χ1n) is 12.6. The first kappa shape index (κ1) is 35.4. The van der Waals surface area contributed by atoms with Crippen molar-refractivity contribution in [2.24, 2.45) is 4.99 Å². The van der Waals surface area contributed by atoms with E-state index in [0.717, 1.165) is 35.6 Å². The smallest absolute Gasteiger partial charge is 0.358 e. The Morgan fingerprint density at radius 2 is 1.21 bits per heavy atom. The SMILES string of the molecule is CC(Cc1cccc(CC(C)=[N+](C)c2ccccc2C(C)(C)C)n1)=Nc1ccccc1C(C)(C)C.[CH3-].[CH3-].[Fe+2]. The molecule has 0 bridgehead atoms. The predicted octanol–water partition coefficient (Wildman–Crippen LogP) is 8.89. The molecule has 0 aliphatic rings. The van der Waals surface area contributed by atoms with Crippen molar-refractivity contribution in [2.75, 3.05) is 7.05 Å². The molecule has 0 amide bonds. The molecule has 0 saturated heterocycles. The Hall–Kier alpha value is -2.55. The van der Waals surface area contributed by atoms with Crippen LogP contribution in [0.1, 0.15) is 77.9 Å². The Balaban J connectivity index is 0.00000456. The molecule has 3 nitrogen and oxygen atoms in total. The average Bonchev–Trinajstić information content (AvgIpc) is 2.77. The molecule has 0 atom stereocenters. The van der Waals surface area contributed by atoms with E-state index in [2.05, 4.69) is 134 Å². The molecule has 3 rings (SSSR count). The van der Waals surface area contributed by atoms with E-state index in [1.54, 1.807) is 0 Å². The molecule has 0 unspecified atom stereocenters. The molecule has 0 saturated carbocycles. The third-order valence-electron chi connectivity index (χ3n) is 6.41. The van der Waals surface area contributed by atoms with Crippen LogP contribution in [0, 0.1) is 14.9 Å². The minimum absolute atomic E-state index is 0. The van der Waals surface area contributed by atoms with Crippen LogP contribution in [0.2, 0.25) is 0 Å². The van der Waals surface area contributed by atoms with Gasteiger partial charge in [0.2, 0.25) is 5.69 Å². The van der Waals surface area contributed by atoms with E-state index >= 15 is 0 Å². The van der Waals surface area contributed by atoms with Gasteiger partial charge in [-0.05, 0) is 41.5 Å². The number of nitrogens with zero attached hydrogens (tertiary/aromatic N) is 3. The minimum atomic E-state index is 0. The number of aliphatic imine (C=N–C) groups is 1. The molecule has 0 radical (unpaired) electrons. The second kappa shape index (κ2) is 14.6. The van der Waals surface area contributed by atoms with Crippen LogP contribution in [0.25, 0.3) is 0 Å². The van der Waals surface area contributed by atoms with Gasteiger partial charge in [-0.2, -0.15) is 0 Å². The zero-order valence-electron chi connectivity index (χ0n) is 25.5. The minimum Gasteiger partial charge on any atom is -0.358 e. The quantitative estimate of drug-likeness (QED) is 0.129. The summed E-state index contributed by atoms with van der Waals surface area (Å²) >= 11 is 0. The zero-order valence-corrected chi connectivity index (χ0v) is 26.6. The van der Waals surface area contributed by atoms with Crippen LogP contribution < -0.4 is 0 Å². The Morgan fingerprint density at radius 3 is 1.79 bits per heavy atom. The van der Waals surface area contributed by atoms with Gasteiger partial charge in [0.05, 0.1) is 17.8 Å². The van der Waals surface area contributed by atoms with Crippen molar-refractivity contribution in [3.8, 4) is 0 Å². The van der Waals surface area contributed by atoms with Crippen LogP contribution >= 0.6 is 0 Å². The summed E-state index contributed by atoms with van der Waals surface area (Å²) in [5.74, 6) is 0. The molecule has 1 aromatic heterocycles.